The molecule has 0 aliphatic heterocycles. The lowest BCUT2D eigenvalue weighted by atomic mass is 10.1. The van der Waals surface area contributed by atoms with Crippen LogP contribution in [0.3, 0.4) is 0 Å². The molecule has 0 aliphatic rings. The van der Waals surface area contributed by atoms with Crippen LogP contribution in [0.25, 0.3) is 0 Å². The highest BCUT2D eigenvalue weighted by atomic mass is 16.5. The molecule has 1 atom stereocenters. The average Bonchev–Trinajstić information content (AvgIpc) is 2.34. The summed E-state index contributed by atoms with van der Waals surface area (Å²) in [6, 6.07) is 5.40. The smallest absolute Gasteiger partial charge is 0.161 e. The second kappa shape index (κ2) is 6.82. The molecule has 92 valence electrons. The van der Waals surface area contributed by atoms with Crippen LogP contribution in [0.4, 0.5) is 0 Å². The Morgan fingerprint density at radius 2 is 2.18 bits per heavy atom. The highest BCUT2D eigenvalue weighted by Gasteiger charge is 2.08. The van der Waals surface area contributed by atoms with Crippen molar-refractivity contribution in [1.82, 2.24) is 0 Å². The standard InChI is InChI=1S/C14H18O3/c1-4-5-6-9-17-13-8-7-12(11(2)15)10-14(13)16-3/h1,7-8,10-11,15H,5-6,9H2,2-3H3/t11-/m0/s1. The molecule has 0 aromatic heterocycles. The molecule has 0 aliphatic carbocycles. The number of hydrogen-bond donors (Lipinski definition) is 1. The zero-order chi connectivity index (χ0) is 12.7. The predicted octanol–water partition coefficient (Wildman–Crippen LogP) is 2.54. The molecule has 0 fully saturated rings. The van der Waals surface area contributed by atoms with Crippen LogP contribution in [0.1, 0.15) is 31.4 Å². The van der Waals surface area contributed by atoms with Gasteiger partial charge in [-0.15, -0.1) is 12.3 Å². The third-order valence-electron chi connectivity index (χ3n) is 2.39. The van der Waals surface area contributed by atoms with Crippen LogP contribution < -0.4 is 9.47 Å². The third-order valence-corrected chi connectivity index (χ3v) is 2.39. The molecule has 3 heteroatoms. The summed E-state index contributed by atoms with van der Waals surface area (Å²) in [5, 5.41) is 9.46. The van der Waals surface area contributed by atoms with Crippen molar-refractivity contribution in [2.24, 2.45) is 0 Å². The van der Waals surface area contributed by atoms with Crippen molar-refractivity contribution in [2.75, 3.05) is 13.7 Å². The highest BCUT2D eigenvalue weighted by Crippen LogP contribution is 2.30. The molecule has 0 amide bonds. The van der Waals surface area contributed by atoms with Gasteiger partial charge in [0, 0.05) is 6.42 Å². The molecule has 1 aromatic carbocycles. The van der Waals surface area contributed by atoms with E-state index in [4.69, 9.17) is 15.9 Å². The van der Waals surface area contributed by atoms with E-state index in [9.17, 15) is 5.11 Å². The number of hydrogen-bond acceptors (Lipinski definition) is 3. The number of aliphatic hydroxyl groups is 1. The maximum absolute atomic E-state index is 9.46. The molecular weight excluding hydrogens is 216 g/mol. The van der Waals surface area contributed by atoms with Crippen LogP contribution in [-0.4, -0.2) is 18.8 Å². The monoisotopic (exact) mass is 234 g/mol. The van der Waals surface area contributed by atoms with E-state index >= 15 is 0 Å². The first-order chi connectivity index (χ1) is 8.19. The fourth-order valence-electron chi connectivity index (χ4n) is 1.42. The van der Waals surface area contributed by atoms with Crippen molar-refractivity contribution in [3.63, 3.8) is 0 Å². The van der Waals surface area contributed by atoms with Gasteiger partial charge < -0.3 is 14.6 Å². The van der Waals surface area contributed by atoms with E-state index in [1.165, 1.54) is 0 Å². The van der Waals surface area contributed by atoms with Crippen molar-refractivity contribution < 1.29 is 14.6 Å². The highest BCUT2D eigenvalue weighted by molar-refractivity contribution is 5.43. The van der Waals surface area contributed by atoms with Gasteiger partial charge in [0.2, 0.25) is 0 Å². The largest absolute Gasteiger partial charge is 0.493 e. The molecule has 0 radical (unpaired) electrons. The van der Waals surface area contributed by atoms with Gasteiger partial charge in [-0.05, 0) is 31.0 Å². The molecule has 1 aromatic rings. The molecule has 0 heterocycles. The summed E-state index contributed by atoms with van der Waals surface area (Å²) in [5.74, 6) is 3.87. The normalized spacial score (nSPS) is 11.6. The molecule has 0 unspecified atom stereocenters. The maximum atomic E-state index is 9.46. The van der Waals surface area contributed by atoms with Gasteiger partial charge in [0.1, 0.15) is 0 Å². The second-order valence-electron chi connectivity index (χ2n) is 3.74. The number of unbranched alkanes of at least 4 members (excludes halogenated alkanes) is 1. The van der Waals surface area contributed by atoms with Gasteiger partial charge >= 0.3 is 0 Å². The lowest BCUT2D eigenvalue weighted by Crippen LogP contribution is -2.00. The summed E-state index contributed by atoms with van der Waals surface area (Å²) in [6.07, 6.45) is 6.16. The van der Waals surface area contributed by atoms with Crippen LogP contribution >= 0.6 is 0 Å². The van der Waals surface area contributed by atoms with Crippen molar-refractivity contribution in [2.45, 2.75) is 25.9 Å². The van der Waals surface area contributed by atoms with Crippen LogP contribution in [0.15, 0.2) is 18.2 Å². The number of benzene rings is 1. The second-order valence-corrected chi connectivity index (χ2v) is 3.74. The first kappa shape index (κ1) is 13.4. The molecule has 1 N–H and O–H groups in total. The maximum Gasteiger partial charge on any atom is 0.161 e. The van der Waals surface area contributed by atoms with Crippen LogP contribution in [0, 0.1) is 12.3 Å². The fourth-order valence-corrected chi connectivity index (χ4v) is 1.42. The van der Waals surface area contributed by atoms with E-state index in [2.05, 4.69) is 5.92 Å². The van der Waals surface area contributed by atoms with Crippen molar-refractivity contribution in [3.05, 3.63) is 23.8 Å². The lowest BCUT2D eigenvalue weighted by Gasteiger charge is -2.12. The summed E-state index contributed by atoms with van der Waals surface area (Å²) in [5.41, 5.74) is 0.804. The lowest BCUT2D eigenvalue weighted by molar-refractivity contribution is 0.198. The molecule has 0 saturated carbocycles. The van der Waals surface area contributed by atoms with Crippen LogP contribution in [0.5, 0.6) is 11.5 Å². The van der Waals surface area contributed by atoms with Crippen LogP contribution in [-0.2, 0) is 0 Å². The fraction of sp³-hybridized carbons (Fsp3) is 0.429. The average molecular weight is 234 g/mol. The molecular formula is C14H18O3. The Bertz CT molecular complexity index is 391. The first-order valence-electron chi connectivity index (χ1n) is 5.61. The van der Waals surface area contributed by atoms with Gasteiger partial charge in [-0.1, -0.05) is 6.07 Å². The van der Waals surface area contributed by atoms with Crippen molar-refractivity contribution in [1.29, 1.82) is 0 Å². The molecule has 0 bridgehead atoms. The Hall–Kier alpha value is -1.66. The molecule has 1 rings (SSSR count). The Balaban J connectivity index is 2.69. The predicted molar refractivity (Wildman–Crippen MR) is 67.2 cm³/mol. The Kier molecular flexibility index (Phi) is 5.38. The topological polar surface area (TPSA) is 38.7 Å². The quantitative estimate of drug-likeness (QED) is 0.607. The Labute approximate surface area is 102 Å². The van der Waals surface area contributed by atoms with Gasteiger partial charge in [-0.3, -0.25) is 0 Å². The number of aliphatic hydroxyl groups excluding tert-OH is 1. The summed E-state index contributed by atoms with van der Waals surface area (Å²) in [4.78, 5) is 0. The zero-order valence-electron chi connectivity index (χ0n) is 10.3. The van der Waals surface area contributed by atoms with E-state index in [0.29, 0.717) is 24.5 Å². The number of methoxy groups -OCH3 is 1. The minimum atomic E-state index is -0.514. The van der Waals surface area contributed by atoms with E-state index in [1.807, 2.05) is 6.07 Å². The Morgan fingerprint density at radius 1 is 1.41 bits per heavy atom. The van der Waals surface area contributed by atoms with E-state index in [-0.39, 0.29) is 0 Å². The van der Waals surface area contributed by atoms with Gasteiger partial charge in [-0.25, -0.2) is 0 Å². The molecule has 3 nitrogen and oxygen atoms in total. The van der Waals surface area contributed by atoms with Gasteiger partial charge in [0.15, 0.2) is 11.5 Å². The zero-order valence-corrected chi connectivity index (χ0v) is 10.3. The summed E-state index contributed by atoms with van der Waals surface area (Å²) in [6.45, 7) is 2.27. The van der Waals surface area contributed by atoms with Gasteiger partial charge in [0.25, 0.3) is 0 Å². The molecule has 0 spiro atoms. The van der Waals surface area contributed by atoms with Gasteiger partial charge in [-0.2, -0.15) is 0 Å². The summed E-state index contributed by atoms with van der Waals surface area (Å²) < 4.78 is 10.8. The minimum absolute atomic E-state index is 0.514. The molecule has 17 heavy (non-hydrogen) atoms. The number of ether oxygens (including phenoxy) is 2. The number of rotatable bonds is 6. The van der Waals surface area contributed by atoms with Crippen molar-refractivity contribution >= 4 is 0 Å². The first-order valence-corrected chi connectivity index (χ1v) is 5.61. The minimum Gasteiger partial charge on any atom is -0.493 e. The van der Waals surface area contributed by atoms with E-state index in [0.717, 1.165) is 12.0 Å². The van der Waals surface area contributed by atoms with Gasteiger partial charge in [0.05, 0.1) is 19.8 Å². The Morgan fingerprint density at radius 3 is 2.76 bits per heavy atom. The molecule has 0 saturated heterocycles. The van der Waals surface area contributed by atoms with E-state index in [1.54, 1.807) is 26.2 Å². The van der Waals surface area contributed by atoms with E-state index < -0.39 is 6.10 Å². The summed E-state index contributed by atoms with van der Waals surface area (Å²) in [7, 11) is 1.58. The van der Waals surface area contributed by atoms with Crippen LogP contribution in [0.2, 0.25) is 0 Å². The van der Waals surface area contributed by atoms with Crippen molar-refractivity contribution in [3.8, 4) is 23.8 Å². The number of terminal acetylenes is 1. The third kappa shape index (κ3) is 4.01. The SMILES string of the molecule is C#CCCCOc1ccc([C@H](C)O)cc1OC. The summed E-state index contributed by atoms with van der Waals surface area (Å²) >= 11 is 0.